The summed E-state index contributed by atoms with van der Waals surface area (Å²) in [5.41, 5.74) is 2.19. The van der Waals surface area contributed by atoms with E-state index in [9.17, 15) is 9.90 Å². The summed E-state index contributed by atoms with van der Waals surface area (Å²) in [6.07, 6.45) is 17.5. The number of aromatic nitrogens is 2. The number of hydrogen-bond acceptors (Lipinski definition) is 9. The number of likely N-dealkylation sites (tertiary alicyclic amines) is 2. The average molecular weight is 795 g/mol. The SMILES string of the molecule is C#Cc1c(F)ccc2cc(O)cc(C3=Cc4nc(OC[C@]5(C)C[C@@H](F)CN5C5CCN(C6CCOCC6)CC5)nc(NCC5(N(C)C(=O)C=C)CCCC5)c4CC3)c12. The normalized spacial score (nSPS) is 24.3. The van der Waals surface area contributed by atoms with E-state index in [2.05, 4.69) is 34.5 Å². The predicted octanol–water partition coefficient (Wildman–Crippen LogP) is 7.14. The van der Waals surface area contributed by atoms with Gasteiger partial charge in [-0.2, -0.15) is 9.97 Å². The predicted molar refractivity (Wildman–Crippen MR) is 223 cm³/mol. The minimum absolute atomic E-state index is 0.0488. The largest absolute Gasteiger partial charge is 0.508 e. The van der Waals surface area contributed by atoms with Gasteiger partial charge in [0.05, 0.1) is 22.3 Å². The minimum Gasteiger partial charge on any atom is -0.508 e. The maximum atomic E-state index is 15.4. The number of anilines is 1. The Morgan fingerprint density at radius 3 is 2.64 bits per heavy atom. The van der Waals surface area contributed by atoms with Crippen LogP contribution in [0.25, 0.3) is 22.4 Å². The zero-order valence-electron chi connectivity index (χ0n) is 33.9. The van der Waals surface area contributed by atoms with Crippen LogP contribution in [-0.2, 0) is 16.0 Å². The number of nitrogens with zero attached hydrogens (tertiary/aromatic N) is 5. The molecule has 8 rings (SSSR count). The summed E-state index contributed by atoms with van der Waals surface area (Å²) in [7, 11) is 1.84. The molecule has 58 heavy (non-hydrogen) atoms. The third-order valence-corrected chi connectivity index (χ3v) is 13.8. The molecular weight excluding hydrogens is 739 g/mol. The second-order valence-electron chi connectivity index (χ2n) is 17.3. The van der Waals surface area contributed by atoms with Crippen LogP contribution < -0.4 is 10.1 Å². The number of hydrogen-bond donors (Lipinski definition) is 2. The van der Waals surface area contributed by atoms with Gasteiger partial charge in [-0.25, -0.2) is 8.78 Å². The van der Waals surface area contributed by atoms with Gasteiger partial charge in [-0.15, -0.1) is 6.42 Å². The molecule has 308 valence electrons. The van der Waals surface area contributed by atoms with Gasteiger partial charge in [0.2, 0.25) is 5.91 Å². The number of likely N-dealkylation sites (N-methyl/N-ethyl adjacent to an activating group) is 1. The number of phenols is 1. The summed E-state index contributed by atoms with van der Waals surface area (Å²) < 4.78 is 42.6. The van der Waals surface area contributed by atoms with Crippen molar-refractivity contribution in [2.75, 3.05) is 58.4 Å². The molecule has 1 amide bonds. The lowest BCUT2D eigenvalue weighted by atomic mass is 9.87. The molecule has 0 radical (unpaired) electrons. The average Bonchev–Trinajstić information content (AvgIpc) is 3.85. The van der Waals surface area contributed by atoms with Gasteiger partial charge in [-0.05, 0) is 118 Å². The molecule has 2 aliphatic carbocycles. The van der Waals surface area contributed by atoms with Gasteiger partial charge in [-0.1, -0.05) is 31.4 Å². The van der Waals surface area contributed by atoms with Gasteiger partial charge in [0, 0.05) is 62.8 Å². The first-order chi connectivity index (χ1) is 28.0. The van der Waals surface area contributed by atoms with E-state index in [0.717, 1.165) is 88.8 Å². The number of benzene rings is 2. The molecule has 3 aromatic rings. The van der Waals surface area contributed by atoms with Crippen LogP contribution in [0.15, 0.2) is 36.9 Å². The first-order valence-electron chi connectivity index (χ1n) is 21.0. The summed E-state index contributed by atoms with van der Waals surface area (Å²) in [5.74, 6) is 2.57. The molecule has 1 aromatic heterocycles. The van der Waals surface area contributed by atoms with E-state index in [1.165, 1.54) is 12.1 Å². The van der Waals surface area contributed by atoms with Crippen molar-refractivity contribution in [3.8, 4) is 24.1 Å². The van der Waals surface area contributed by atoms with Gasteiger partial charge in [0.1, 0.15) is 30.2 Å². The molecule has 4 fully saturated rings. The van der Waals surface area contributed by atoms with Crippen LogP contribution in [0.5, 0.6) is 11.8 Å². The zero-order valence-corrected chi connectivity index (χ0v) is 33.9. The summed E-state index contributed by atoms with van der Waals surface area (Å²) in [6.45, 7) is 10.5. The second-order valence-corrected chi connectivity index (χ2v) is 17.3. The summed E-state index contributed by atoms with van der Waals surface area (Å²) in [4.78, 5) is 29.5. The van der Waals surface area contributed by atoms with Crippen molar-refractivity contribution in [1.29, 1.82) is 0 Å². The standard InChI is InChI=1S/C46H56F2N6O4/c1-5-36-39(48)12-10-31-23-35(55)25-38(42(31)36)30-9-11-37-40(24-30)50-44(51-43(37)49-28-46(17-7-8-18-46)52(4)41(56)6-2)58-29-45(3)26-32(47)27-54(45)34-13-19-53(20-14-34)33-15-21-57-22-16-33/h1,6,10,12,23-25,32-34,55H,2,7-9,11,13-22,26-29H2,3-4H3,(H,49,50,51)/t32-,45+/m1/s1. The van der Waals surface area contributed by atoms with Gasteiger partial charge < -0.3 is 29.7 Å². The van der Waals surface area contributed by atoms with E-state index in [0.29, 0.717) is 66.2 Å². The second kappa shape index (κ2) is 16.6. The maximum absolute atomic E-state index is 15.4. The van der Waals surface area contributed by atoms with Crippen LogP contribution in [0.4, 0.5) is 14.6 Å². The number of aromatic hydroxyl groups is 1. The smallest absolute Gasteiger partial charge is 0.318 e. The van der Waals surface area contributed by atoms with Crippen molar-refractivity contribution in [2.24, 2.45) is 0 Å². The number of amides is 1. The van der Waals surface area contributed by atoms with Crippen molar-refractivity contribution in [3.63, 3.8) is 0 Å². The molecular formula is C46H56F2N6O4. The highest BCUT2D eigenvalue weighted by Crippen LogP contribution is 2.42. The lowest BCUT2D eigenvalue weighted by Crippen LogP contribution is -2.55. The monoisotopic (exact) mass is 794 g/mol. The molecule has 12 heteroatoms. The number of rotatable bonds is 11. The van der Waals surface area contributed by atoms with Crippen LogP contribution in [-0.4, -0.2) is 118 Å². The highest BCUT2D eigenvalue weighted by Gasteiger charge is 2.47. The van der Waals surface area contributed by atoms with Crippen molar-refractivity contribution in [1.82, 2.24) is 24.7 Å². The van der Waals surface area contributed by atoms with Crippen molar-refractivity contribution in [2.45, 2.75) is 107 Å². The fourth-order valence-corrected chi connectivity index (χ4v) is 10.5. The van der Waals surface area contributed by atoms with Crippen molar-refractivity contribution in [3.05, 3.63) is 65.1 Å². The van der Waals surface area contributed by atoms with E-state index < -0.39 is 23.1 Å². The van der Waals surface area contributed by atoms with Crippen molar-refractivity contribution >= 4 is 34.1 Å². The fourth-order valence-electron chi connectivity index (χ4n) is 10.5. The molecule has 1 saturated carbocycles. The van der Waals surface area contributed by atoms with Crippen LogP contribution in [0, 0.1) is 18.2 Å². The van der Waals surface area contributed by atoms with Gasteiger partial charge >= 0.3 is 6.01 Å². The fraction of sp³-hybridized carbons (Fsp3) is 0.543. The number of alkyl halides is 1. The van der Waals surface area contributed by atoms with Gasteiger partial charge in [-0.3, -0.25) is 9.69 Å². The van der Waals surface area contributed by atoms with Gasteiger partial charge in [0.15, 0.2) is 0 Å². The van der Waals surface area contributed by atoms with Gasteiger partial charge in [0.25, 0.3) is 0 Å². The van der Waals surface area contributed by atoms with E-state index in [-0.39, 0.29) is 35.9 Å². The van der Waals surface area contributed by atoms with E-state index >= 15 is 8.78 Å². The first-order valence-corrected chi connectivity index (χ1v) is 21.0. The van der Waals surface area contributed by atoms with E-state index in [1.807, 2.05) is 13.1 Å². The Bertz CT molecular complexity index is 2120. The molecule has 3 aliphatic heterocycles. The summed E-state index contributed by atoms with van der Waals surface area (Å²) in [6, 6.07) is 7.15. The Morgan fingerprint density at radius 2 is 1.91 bits per heavy atom. The van der Waals surface area contributed by atoms with Crippen LogP contribution in [0.3, 0.4) is 0 Å². The molecule has 3 saturated heterocycles. The molecule has 5 aliphatic rings. The number of carbonyl (C=O) groups is 1. The van der Waals surface area contributed by atoms with Crippen LogP contribution in [0.1, 0.15) is 93.5 Å². The third-order valence-electron chi connectivity index (χ3n) is 13.8. The van der Waals surface area contributed by atoms with Crippen LogP contribution >= 0.6 is 0 Å². The number of nitrogens with one attached hydrogen (secondary N) is 1. The number of terminal acetylenes is 1. The molecule has 2 atom stereocenters. The summed E-state index contributed by atoms with van der Waals surface area (Å²) >= 11 is 0. The lowest BCUT2D eigenvalue weighted by Gasteiger charge is -2.45. The van der Waals surface area contributed by atoms with Crippen molar-refractivity contribution < 1.29 is 28.2 Å². The molecule has 0 unspecified atom stereocenters. The highest BCUT2D eigenvalue weighted by molar-refractivity contribution is 6.02. The Balaban J connectivity index is 1.10. The molecule has 0 spiro atoms. The van der Waals surface area contributed by atoms with Crippen LogP contribution in [0.2, 0.25) is 0 Å². The number of carbonyl (C=O) groups excluding carboxylic acids is 1. The lowest BCUT2D eigenvalue weighted by molar-refractivity contribution is -0.129. The number of phenolic OH excluding ortho intramolecular Hbond substituents is 1. The Kier molecular flexibility index (Phi) is 11.5. The number of piperidine rings is 1. The highest BCUT2D eigenvalue weighted by atomic mass is 19.1. The molecule has 4 heterocycles. The Morgan fingerprint density at radius 1 is 1.16 bits per heavy atom. The zero-order chi connectivity index (χ0) is 40.6. The molecule has 2 aromatic carbocycles. The molecule has 0 bridgehead atoms. The Hall–Kier alpha value is -4.57. The number of fused-ring (bicyclic) bond motifs is 2. The van der Waals surface area contributed by atoms with E-state index in [1.54, 1.807) is 23.1 Å². The van der Waals surface area contributed by atoms with E-state index in [4.69, 9.17) is 25.9 Å². The third kappa shape index (κ3) is 7.81. The quantitative estimate of drug-likeness (QED) is 0.155. The first kappa shape index (κ1) is 40.2. The maximum Gasteiger partial charge on any atom is 0.318 e. The summed E-state index contributed by atoms with van der Waals surface area (Å²) in [5, 5.41) is 15.6. The molecule has 2 N–H and O–H groups in total. The molecule has 10 nitrogen and oxygen atoms in total. The minimum atomic E-state index is -0.956. The number of halogens is 2. The topological polar surface area (TPSA) is 103 Å². The number of ether oxygens (including phenoxy) is 2. The number of allylic oxidation sites excluding steroid dienone is 1. The Labute approximate surface area is 340 Å².